The maximum absolute atomic E-state index is 11.7. The van der Waals surface area contributed by atoms with Gasteiger partial charge in [0.15, 0.2) is 0 Å². The first kappa shape index (κ1) is 14.5. The molecule has 0 aliphatic carbocycles. The van der Waals surface area contributed by atoms with Gasteiger partial charge in [0.05, 0.1) is 12.2 Å². The van der Waals surface area contributed by atoms with Crippen LogP contribution < -0.4 is 5.73 Å². The van der Waals surface area contributed by atoms with Crippen LogP contribution in [-0.4, -0.2) is 12.6 Å². The van der Waals surface area contributed by atoms with E-state index in [1.807, 2.05) is 18.2 Å². The highest BCUT2D eigenvalue weighted by molar-refractivity contribution is 7.98. The quantitative estimate of drug-likeness (QED) is 0.517. The van der Waals surface area contributed by atoms with Gasteiger partial charge >= 0.3 is 5.97 Å². The lowest BCUT2D eigenvalue weighted by Gasteiger charge is -2.08. The molecule has 0 amide bonds. The van der Waals surface area contributed by atoms with E-state index in [2.05, 4.69) is 12.1 Å². The highest BCUT2D eigenvalue weighted by atomic mass is 32.2. The molecule has 0 fully saturated rings. The first-order valence-electron chi connectivity index (χ1n) is 6.44. The number of benzene rings is 2. The number of carbonyl (C=O) groups excluding carboxylic acids is 1. The van der Waals surface area contributed by atoms with Gasteiger partial charge in [0.2, 0.25) is 0 Å². The molecule has 0 atom stereocenters. The van der Waals surface area contributed by atoms with Crippen molar-refractivity contribution >= 4 is 23.4 Å². The summed E-state index contributed by atoms with van der Waals surface area (Å²) in [5.41, 5.74) is 8.39. The summed E-state index contributed by atoms with van der Waals surface area (Å²) in [6.45, 7) is 2.16. The minimum absolute atomic E-state index is 0.311. The van der Waals surface area contributed by atoms with Crippen LogP contribution in [0.25, 0.3) is 0 Å². The number of anilines is 1. The lowest BCUT2D eigenvalue weighted by molar-refractivity contribution is 0.0526. The Bertz CT molecular complexity index is 584. The Morgan fingerprint density at radius 2 is 1.95 bits per heavy atom. The number of thioether (sulfide) groups is 1. The number of nitrogens with two attached hydrogens (primary N) is 1. The standard InChI is InChI=1S/C16H17NO2S/c1-2-19-16(18)13-8-9-14(17)15(10-13)20-11-12-6-4-3-5-7-12/h3-10H,2,11,17H2,1H3. The van der Waals surface area contributed by atoms with Crippen LogP contribution >= 0.6 is 11.8 Å². The van der Waals surface area contributed by atoms with Gasteiger partial charge in [-0.25, -0.2) is 4.79 Å². The third-order valence-electron chi connectivity index (χ3n) is 2.76. The van der Waals surface area contributed by atoms with E-state index in [-0.39, 0.29) is 5.97 Å². The molecule has 0 aromatic heterocycles. The molecule has 0 saturated carbocycles. The summed E-state index contributed by atoms with van der Waals surface area (Å²) in [5, 5.41) is 0. The normalized spacial score (nSPS) is 10.2. The van der Waals surface area contributed by atoms with Crippen molar-refractivity contribution in [3.8, 4) is 0 Å². The summed E-state index contributed by atoms with van der Waals surface area (Å²) in [5.74, 6) is 0.506. The Kier molecular flexibility index (Phi) is 5.07. The zero-order chi connectivity index (χ0) is 14.4. The minimum atomic E-state index is -0.311. The molecule has 0 heterocycles. The second-order valence-corrected chi connectivity index (χ2v) is 5.26. The molecule has 0 radical (unpaired) electrons. The van der Waals surface area contributed by atoms with E-state index in [9.17, 15) is 4.79 Å². The van der Waals surface area contributed by atoms with Crippen LogP contribution in [0.5, 0.6) is 0 Å². The molecule has 0 saturated heterocycles. The number of rotatable bonds is 5. The first-order chi connectivity index (χ1) is 9.70. The molecule has 0 bridgehead atoms. The van der Waals surface area contributed by atoms with E-state index < -0.39 is 0 Å². The number of carbonyl (C=O) groups is 1. The van der Waals surface area contributed by atoms with Crippen molar-refractivity contribution in [3.05, 3.63) is 59.7 Å². The Hall–Kier alpha value is -1.94. The van der Waals surface area contributed by atoms with Crippen LogP contribution in [0.4, 0.5) is 5.69 Å². The smallest absolute Gasteiger partial charge is 0.338 e. The van der Waals surface area contributed by atoms with Gasteiger partial charge in [0.1, 0.15) is 0 Å². The van der Waals surface area contributed by atoms with Gasteiger partial charge in [-0.15, -0.1) is 11.8 Å². The molecule has 3 nitrogen and oxygen atoms in total. The molecular weight excluding hydrogens is 270 g/mol. The molecular formula is C16H17NO2S. The molecule has 104 valence electrons. The fourth-order valence-corrected chi connectivity index (χ4v) is 2.70. The molecule has 20 heavy (non-hydrogen) atoms. The van der Waals surface area contributed by atoms with Crippen molar-refractivity contribution in [2.75, 3.05) is 12.3 Å². The van der Waals surface area contributed by atoms with Crippen LogP contribution in [0.15, 0.2) is 53.4 Å². The van der Waals surface area contributed by atoms with E-state index in [0.717, 1.165) is 10.6 Å². The van der Waals surface area contributed by atoms with E-state index in [0.29, 0.717) is 17.9 Å². The fraction of sp³-hybridized carbons (Fsp3) is 0.188. The van der Waals surface area contributed by atoms with Gasteiger partial charge in [-0.1, -0.05) is 30.3 Å². The van der Waals surface area contributed by atoms with Gasteiger partial charge in [0.25, 0.3) is 0 Å². The predicted molar refractivity (Wildman–Crippen MR) is 82.8 cm³/mol. The van der Waals surface area contributed by atoms with Crippen LogP contribution in [0.2, 0.25) is 0 Å². The first-order valence-corrected chi connectivity index (χ1v) is 7.42. The maximum atomic E-state index is 11.7. The average Bonchev–Trinajstić information content (AvgIpc) is 2.47. The molecule has 0 unspecified atom stereocenters. The highest BCUT2D eigenvalue weighted by Gasteiger charge is 2.09. The van der Waals surface area contributed by atoms with Crippen molar-refractivity contribution in [3.63, 3.8) is 0 Å². The van der Waals surface area contributed by atoms with Gasteiger partial charge in [-0.2, -0.15) is 0 Å². The largest absolute Gasteiger partial charge is 0.462 e. The fourth-order valence-electron chi connectivity index (χ4n) is 1.74. The van der Waals surface area contributed by atoms with E-state index >= 15 is 0 Å². The van der Waals surface area contributed by atoms with Gasteiger partial charge in [0, 0.05) is 16.3 Å². The second-order valence-electron chi connectivity index (χ2n) is 4.25. The monoisotopic (exact) mass is 287 g/mol. The Morgan fingerprint density at radius 3 is 2.65 bits per heavy atom. The van der Waals surface area contributed by atoms with Crippen molar-refractivity contribution in [2.45, 2.75) is 17.6 Å². The summed E-state index contributed by atoms with van der Waals surface area (Å²) in [6.07, 6.45) is 0. The predicted octanol–water partition coefficient (Wildman–Crippen LogP) is 3.74. The van der Waals surface area contributed by atoms with Gasteiger partial charge in [-0.3, -0.25) is 0 Å². The lowest BCUT2D eigenvalue weighted by Crippen LogP contribution is -2.05. The van der Waals surface area contributed by atoms with Crippen molar-refractivity contribution in [1.82, 2.24) is 0 Å². The van der Waals surface area contributed by atoms with Crippen molar-refractivity contribution < 1.29 is 9.53 Å². The van der Waals surface area contributed by atoms with Crippen molar-refractivity contribution in [1.29, 1.82) is 0 Å². The minimum Gasteiger partial charge on any atom is -0.462 e. The molecule has 4 heteroatoms. The Balaban J connectivity index is 2.10. The van der Waals surface area contributed by atoms with E-state index in [4.69, 9.17) is 10.5 Å². The lowest BCUT2D eigenvalue weighted by atomic mass is 10.2. The third kappa shape index (κ3) is 3.78. The number of ether oxygens (including phenoxy) is 1. The number of hydrogen-bond acceptors (Lipinski definition) is 4. The molecule has 0 aliphatic heterocycles. The summed E-state index contributed by atoms with van der Waals surface area (Å²) in [6, 6.07) is 15.4. The average molecular weight is 287 g/mol. The van der Waals surface area contributed by atoms with E-state index in [1.54, 1.807) is 36.9 Å². The molecule has 2 aromatic carbocycles. The van der Waals surface area contributed by atoms with Gasteiger partial charge < -0.3 is 10.5 Å². The summed E-state index contributed by atoms with van der Waals surface area (Å²) in [4.78, 5) is 12.6. The molecule has 0 spiro atoms. The Morgan fingerprint density at radius 1 is 1.20 bits per heavy atom. The topological polar surface area (TPSA) is 52.3 Å². The zero-order valence-corrected chi connectivity index (χ0v) is 12.2. The van der Waals surface area contributed by atoms with Crippen LogP contribution in [0, 0.1) is 0 Å². The summed E-state index contributed by atoms with van der Waals surface area (Å²) < 4.78 is 5.00. The molecule has 2 rings (SSSR count). The van der Waals surface area contributed by atoms with Crippen LogP contribution in [0.3, 0.4) is 0 Å². The Labute approximate surface area is 123 Å². The van der Waals surface area contributed by atoms with Crippen LogP contribution in [0.1, 0.15) is 22.8 Å². The molecule has 2 N–H and O–H groups in total. The zero-order valence-electron chi connectivity index (χ0n) is 11.3. The summed E-state index contributed by atoms with van der Waals surface area (Å²) >= 11 is 1.62. The maximum Gasteiger partial charge on any atom is 0.338 e. The van der Waals surface area contributed by atoms with E-state index in [1.165, 1.54) is 5.56 Å². The molecule has 2 aromatic rings. The second kappa shape index (κ2) is 7.01. The number of nitrogen functional groups attached to an aromatic ring is 1. The van der Waals surface area contributed by atoms with Crippen LogP contribution in [-0.2, 0) is 10.5 Å². The summed E-state index contributed by atoms with van der Waals surface area (Å²) in [7, 11) is 0. The molecule has 0 aliphatic rings. The number of esters is 1. The SMILES string of the molecule is CCOC(=O)c1ccc(N)c(SCc2ccccc2)c1. The third-order valence-corrected chi connectivity index (χ3v) is 3.90. The highest BCUT2D eigenvalue weighted by Crippen LogP contribution is 2.29. The van der Waals surface area contributed by atoms with Gasteiger partial charge in [-0.05, 0) is 30.7 Å². The number of hydrogen-bond donors (Lipinski definition) is 1. The van der Waals surface area contributed by atoms with Crippen molar-refractivity contribution in [2.24, 2.45) is 0 Å².